The lowest BCUT2D eigenvalue weighted by Crippen LogP contribution is -2.19. The number of ether oxygens (including phenoxy) is 2. The van der Waals surface area contributed by atoms with Gasteiger partial charge in [-0.25, -0.2) is 0 Å². The fourth-order valence-corrected chi connectivity index (χ4v) is 1.68. The quantitative estimate of drug-likeness (QED) is 0.807. The molecule has 0 radical (unpaired) electrons. The maximum absolute atomic E-state index is 5.79. The second-order valence-corrected chi connectivity index (χ2v) is 4.37. The molecule has 1 aromatic rings. The number of nitrogens with zero attached hydrogens (tertiary/aromatic N) is 4. The molecule has 1 aromatic heterocycles. The summed E-state index contributed by atoms with van der Waals surface area (Å²) in [5, 5.41) is 0.131. The van der Waals surface area contributed by atoms with Gasteiger partial charge < -0.3 is 14.4 Å². The topological polar surface area (TPSA) is 60.4 Å². The van der Waals surface area contributed by atoms with Gasteiger partial charge in [0.1, 0.15) is 6.61 Å². The Balaban J connectivity index is 1.99. The SMILES string of the molecule is CN(C)c1nc(Cl)nc(OCC2CCCO2)n1. The smallest absolute Gasteiger partial charge is 0.322 e. The zero-order valence-electron chi connectivity index (χ0n) is 9.89. The Labute approximate surface area is 105 Å². The molecule has 94 valence electrons. The van der Waals surface area contributed by atoms with Crippen molar-refractivity contribution in [3.8, 4) is 6.01 Å². The van der Waals surface area contributed by atoms with Crippen molar-refractivity contribution in [1.29, 1.82) is 0 Å². The molecule has 0 N–H and O–H groups in total. The average Bonchev–Trinajstić information content (AvgIpc) is 2.78. The fraction of sp³-hybridized carbons (Fsp3) is 0.700. The summed E-state index contributed by atoms with van der Waals surface area (Å²) in [6, 6.07) is 0.240. The Bertz CT molecular complexity index is 383. The molecule has 0 saturated carbocycles. The van der Waals surface area contributed by atoms with E-state index in [1.165, 1.54) is 0 Å². The van der Waals surface area contributed by atoms with E-state index in [0.29, 0.717) is 12.6 Å². The van der Waals surface area contributed by atoms with E-state index in [4.69, 9.17) is 21.1 Å². The molecule has 1 atom stereocenters. The van der Waals surface area contributed by atoms with Crippen molar-refractivity contribution in [2.75, 3.05) is 32.2 Å². The first-order chi connectivity index (χ1) is 8.15. The molecule has 1 saturated heterocycles. The normalized spacial score (nSPS) is 19.4. The number of hydrogen-bond acceptors (Lipinski definition) is 6. The van der Waals surface area contributed by atoms with Crippen LogP contribution in [0.25, 0.3) is 0 Å². The highest BCUT2D eigenvalue weighted by atomic mass is 35.5. The molecular weight excluding hydrogens is 244 g/mol. The molecule has 0 aromatic carbocycles. The second-order valence-electron chi connectivity index (χ2n) is 4.03. The standard InChI is InChI=1S/C10H15ClN4O2/c1-15(2)9-12-8(11)13-10(14-9)17-6-7-4-3-5-16-7/h7H,3-6H2,1-2H3. The number of rotatable bonds is 4. The molecule has 0 aliphatic carbocycles. The van der Waals surface area contributed by atoms with E-state index in [1.54, 1.807) is 4.90 Å². The van der Waals surface area contributed by atoms with Gasteiger partial charge in [-0.2, -0.15) is 15.0 Å². The first-order valence-corrected chi connectivity index (χ1v) is 5.86. The van der Waals surface area contributed by atoms with Crippen molar-refractivity contribution >= 4 is 17.5 Å². The molecule has 2 rings (SSSR count). The minimum atomic E-state index is 0.131. The third-order valence-corrected chi connectivity index (χ3v) is 2.57. The summed E-state index contributed by atoms with van der Waals surface area (Å²) in [5.74, 6) is 0.479. The molecule has 7 heteroatoms. The predicted molar refractivity (Wildman–Crippen MR) is 63.6 cm³/mol. The summed E-state index contributed by atoms with van der Waals surface area (Å²) in [6.07, 6.45) is 2.22. The first-order valence-electron chi connectivity index (χ1n) is 5.48. The number of anilines is 1. The molecule has 1 fully saturated rings. The van der Waals surface area contributed by atoms with Gasteiger partial charge in [-0.1, -0.05) is 0 Å². The fourth-order valence-electron chi connectivity index (χ4n) is 1.53. The van der Waals surface area contributed by atoms with Crippen LogP contribution in [0, 0.1) is 0 Å². The molecule has 6 nitrogen and oxygen atoms in total. The van der Waals surface area contributed by atoms with Gasteiger partial charge in [0, 0.05) is 20.7 Å². The molecule has 0 spiro atoms. The molecular formula is C10H15ClN4O2. The van der Waals surface area contributed by atoms with Crippen molar-refractivity contribution < 1.29 is 9.47 Å². The number of hydrogen-bond donors (Lipinski definition) is 0. The van der Waals surface area contributed by atoms with Crippen molar-refractivity contribution in [1.82, 2.24) is 15.0 Å². The van der Waals surface area contributed by atoms with Gasteiger partial charge in [-0.15, -0.1) is 0 Å². The van der Waals surface area contributed by atoms with E-state index in [1.807, 2.05) is 14.1 Å². The van der Waals surface area contributed by atoms with Gasteiger partial charge in [0.15, 0.2) is 0 Å². The Kier molecular flexibility index (Phi) is 3.96. The first kappa shape index (κ1) is 12.3. The van der Waals surface area contributed by atoms with E-state index < -0.39 is 0 Å². The van der Waals surface area contributed by atoms with E-state index >= 15 is 0 Å². The lowest BCUT2D eigenvalue weighted by molar-refractivity contribution is 0.0645. The summed E-state index contributed by atoms with van der Waals surface area (Å²) in [5.41, 5.74) is 0. The second kappa shape index (κ2) is 5.46. The zero-order valence-corrected chi connectivity index (χ0v) is 10.6. The largest absolute Gasteiger partial charge is 0.461 e. The molecule has 2 heterocycles. The zero-order chi connectivity index (χ0) is 12.3. The van der Waals surface area contributed by atoms with E-state index in [0.717, 1.165) is 19.4 Å². The lowest BCUT2D eigenvalue weighted by atomic mass is 10.2. The van der Waals surface area contributed by atoms with Crippen molar-refractivity contribution in [3.05, 3.63) is 5.28 Å². The molecule has 1 aliphatic rings. The highest BCUT2D eigenvalue weighted by molar-refractivity contribution is 6.28. The maximum atomic E-state index is 5.79. The maximum Gasteiger partial charge on any atom is 0.322 e. The number of aromatic nitrogens is 3. The van der Waals surface area contributed by atoms with Crippen molar-refractivity contribution in [2.45, 2.75) is 18.9 Å². The minimum Gasteiger partial charge on any atom is -0.461 e. The summed E-state index contributed by atoms with van der Waals surface area (Å²) in [7, 11) is 3.66. The Morgan fingerprint density at radius 2 is 2.24 bits per heavy atom. The van der Waals surface area contributed by atoms with Crippen LogP contribution in [0.15, 0.2) is 0 Å². The molecule has 0 amide bonds. The summed E-state index contributed by atoms with van der Waals surface area (Å²) in [6.45, 7) is 1.25. The van der Waals surface area contributed by atoms with Crippen LogP contribution in [-0.4, -0.2) is 48.4 Å². The van der Waals surface area contributed by atoms with Gasteiger partial charge >= 0.3 is 6.01 Å². The Morgan fingerprint density at radius 1 is 1.41 bits per heavy atom. The molecule has 1 unspecified atom stereocenters. The van der Waals surface area contributed by atoms with Crippen LogP contribution < -0.4 is 9.64 Å². The van der Waals surface area contributed by atoms with E-state index in [2.05, 4.69) is 15.0 Å². The molecule has 1 aliphatic heterocycles. The third kappa shape index (κ3) is 3.41. The van der Waals surface area contributed by atoms with Gasteiger partial charge in [-0.3, -0.25) is 0 Å². The Hall–Kier alpha value is -1.14. The minimum absolute atomic E-state index is 0.131. The highest BCUT2D eigenvalue weighted by Gasteiger charge is 2.17. The summed E-state index contributed by atoms with van der Waals surface area (Å²) < 4.78 is 10.9. The van der Waals surface area contributed by atoms with Gasteiger partial charge in [0.25, 0.3) is 0 Å². The van der Waals surface area contributed by atoms with E-state index in [9.17, 15) is 0 Å². The van der Waals surface area contributed by atoms with Crippen LogP contribution in [0.5, 0.6) is 6.01 Å². The van der Waals surface area contributed by atoms with E-state index in [-0.39, 0.29) is 17.4 Å². The van der Waals surface area contributed by atoms with Gasteiger partial charge in [0.05, 0.1) is 6.10 Å². The highest BCUT2D eigenvalue weighted by Crippen LogP contribution is 2.16. The van der Waals surface area contributed by atoms with Crippen LogP contribution in [0.3, 0.4) is 0 Å². The van der Waals surface area contributed by atoms with Gasteiger partial charge in [-0.05, 0) is 24.4 Å². The number of halogens is 1. The van der Waals surface area contributed by atoms with Crippen molar-refractivity contribution in [3.63, 3.8) is 0 Å². The Morgan fingerprint density at radius 3 is 2.88 bits per heavy atom. The van der Waals surface area contributed by atoms with Crippen LogP contribution in [-0.2, 0) is 4.74 Å². The summed E-state index contributed by atoms with van der Waals surface area (Å²) in [4.78, 5) is 13.8. The van der Waals surface area contributed by atoms with Gasteiger partial charge in [0.2, 0.25) is 11.2 Å². The average molecular weight is 259 g/mol. The summed E-state index contributed by atoms with van der Waals surface area (Å²) >= 11 is 5.79. The van der Waals surface area contributed by atoms with Crippen molar-refractivity contribution in [2.24, 2.45) is 0 Å². The monoisotopic (exact) mass is 258 g/mol. The van der Waals surface area contributed by atoms with Crippen LogP contribution in [0.2, 0.25) is 5.28 Å². The van der Waals surface area contributed by atoms with Crippen LogP contribution >= 0.6 is 11.6 Å². The molecule has 0 bridgehead atoms. The third-order valence-electron chi connectivity index (χ3n) is 2.40. The van der Waals surface area contributed by atoms with Crippen LogP contribution in [0.1, 0.15) is 12.8 Å². The predicted octanol–water partition coefficient (Wildman–Crippen LogP) is 1.15. The molecule has 17 heavy (non-hydrogen) atoms. The lowest BCUT2D eigenvalue weighted by Gasteiger charge is -2.13. The van der Waals surface area contributed by atoms with Crippen LogP contribution in [0.4, 0.5) is 5.95 Å².